The molecule has 0 spiro atoms. The van der Waals surface area contributed by atoms with E-state index in [0.717, 1.165) is 30.9 Å². The third-order valence-electron chi connectivity index (χ3n) is 3.81. The monoisotopic (exact) mass is 412 g/mol. The van der Waals surface area contributed by atoms with Crippen LogP contribution in [0.2, 0.25) is 5.02 Å². The van der Waals surface area contributed by atoms with Gasteiger partial charge in [-0.05, 0) is 38.5 Å². The SMILES string of the molecule is Cc1nc(-c2cc(S(=O)(=O)NCc3ccccc3Cl)c(C)s2)sc1C. The molecular weight excluding hydrogens is 396 g/mol. The van der Waals surface area contributed by atoms with Gasteiger partial charge in [0.1, 0.15) is 5.01 Å². The smallest absolute Gasteiger partial charge is 0.240 e. The Morgan fingerprint density at radius 1 is 1.12 bits per heavy atom. The Morgan fingerprint density at radius 2 is 1.84 bits per heavy atom. The summed E-state index contributed by atoms with van der Waals surface area (Å²) in [5.74, 6) is 0. The van der Waals surface area contributed by atoms with Crippen molar-refractivity contribution in [2.45, 2.75) is 32.2 Å². The second-order valence-corrected chi connectivity index (χ2v) is 10.2. The molecule has 2 heterocycles. The molecule has 132 valence electrons. The van der Waals surface area contributed by atoms with E-state index in [2.05, 4.69) is 9.71 Å². The highest BCUT2D eigenvalue weighted by molar-refractivity contribution is 7.89. The van der Waals surface area contributed by atoms with Gasteiger partial charge in [0.2, 0.25) is 10.0 Å². The predicted molar refractivity (Wildman–Crippen MR) is 105 cm³/mol. The fourth-order valence-corrected chi connectivity index (χ4v) is 6.07. The van der Waals surface area contributed by atoms with Crippen LogP contribution in [-0.4, -0.2) is 13.4 Å². The van der Waals surface area contributed by atoms with Gasteiger partial charge in [0.25, 0.3) is 0 Å². The van der Waals surface area contributed by atoms with Crippen LogP contribution in [0.1, 0.15) is 21.0 Å². The maximum atomic E-state index is 12.7. The van der Waals surface area contributed by atoms with Gasteiger partial charge in [0, 0.05) is 21.3 Å². The zero-order chi connectivity index (χ0) is 18.2. The molecule has 0 amide bonds. The number of hydrogen-bond acceptors (Lipinski definition) is 5. The highest BCUT2D eigenvalue weighted by Crippen LogP contribution is 2.36. The Kier molecular flexibility index (Phi) is 5.31. The van der Waals surface area contributed by atoms with Gasteiger partial charge in [-0.1, -0.05) is 29.8 Å². The van der Waals surface area contributed by atoms with E-state index in [4.69, 9.17) is 11.6 Å². The van der Waals surface area contributed by atoms with Gasteiger partial charge >= 0.3 is 0 Å². The van der Waals surface area contributed by atoms with E-state index in [1.807, 2.05) is 32.9 Å². The molecule has 1 N–H and O–H groups in total. The number of aryl methyl sites for hydroxylation is 3. The summed E-state index contributed by atoms with van der Waals surface area (Å²) in [5.41, 5.74) is 1.72. The zero-order valence-electron chi connectivity index (χ0n) is 14.0. The van der Waals surface area contributed by atoms with Crippen LogP contribution >= 0.6 is 34.3 Å². The summed E-state index contributed by atoms with van der Waals surface area (Å²) in [7, 11) is -3.62. The lowest BCUT2D eigenvalue weighted by molar-refractivity contribution is 0.581. The van der Waals surface area contributed by atoms with Crippen molar-refractivity contribution in [2.24, 2.45) is 0 Å². The van der Waals surface area contributed by atoms with E-state index >= 15 is 0 Å². The molecule has 0 atom stereocenters. The molecule has 3 aromatic rings. The molecule has 0 radical (unpaired) electrons. The minimum Gasteiger partial charge on any atom is -0.240 e. The van der Waals surface area contributed by atoms with Crippen LogP contribution in [0.5, 0.6) is 0 Å². The zero-order valence-corrected chi connectivity index (χ0v) is 17.2. The molecule has 3 rings (SSSR count). The molecule has 0 bridgehead atoms. The number of thiazole rings is 1. The normalized spacial score (nSPS) is 11.8. The molecule has 4 nitrogen and oxygen atoms in total. The van der Waals surface area contributed by atoms with E-state index in [1.165, 1.54) is 11.3 Å². The number of sulfonamides is 1. The number of nitrogens with one attached hydrogen (secondary N) is 1. The first-order valence-electron chi connectivity index (χ1n) is 7.56. The van der Waals surface area contributed by atoms with Gasteiger partial charge in [0.15, 0.2) is 0 Å². The Bertz CT molecular complexity index is 1000. The van der Waals surface area contributed by atoms with Gasteiger partial charge in [-0.25, -0.2) is 18.1 Å². The van der Waals surface area contributed by atoms with Crippen molar-refractivity contribution < 1.29 is 8.42 Å². The molecule has 2 aromatic heterocycles. The number of hydrogen-bond donors (Lipinski definition) is 1. The molecule has 0 aliphatic rings. The first-order valence-corrected chi connectivity index (χ1v) is 11.1. The molecule has 8 heteroatoms. The Hall–Kier alpha value is -1.25. The summed E-state index contributed by atoms with van der Waals surface area (Å²) in [6.07, 6.45) is 0. The van der Waals surface area contributed by atoms with Crippen LogP contribution in [0.25, 0.3) is 9.88 Å². The average Bonchev–Trinajstić information content (AvgIpc) is 3.10. The number of thiophene rings is 1. The van der Waals surface area contributed by atoms with Gasteiger partial charge in [-0.3, -0.25) is 0 Å². The van der Waals surface area contributed by atoms with Crippen LogP contribution in [0.15, 0.2) is 35.2 Å². The van der Waals surface area contributed by atoms with Gasteiger partial charge < -0.3 is 0 Å². The van der Waals surface area contributed by atoms with Crippen LogP contribution in [-0.2, 0) is 16.6 Å². The van der Waals surface area contributed by atoms with E-state index in [9.17, 15) is 8.42 Å². The van der Waals surface area contributed by atoms with Crippen molar-refractivity contribution in [3.8, 4) is 9.88 Å². The summed E-state index contributed by atoms with van der Waals surface area (Å²) < 4.78 is 28.0. The Balaban J connectivity index is 1.86. The highest BCUT2D eigenvalue weighted by atomic mass is 35.5. The van der Waals surface area contributed by atoms with E-state index in [-0.39, 0.29) is 6.54 Å². The summed E-state index contributed by atoms with van der Waals surface area (Å²) in [4.78, 5) is 7.57. The molecule has 0 saturated carbocycles. The first kappa shape index (κ1) is 18.5. The van der Waals surface area contributed by atoms with Gasteiger partial charge in [0.05, 0.1) is 15.5 Å². The number of benzene rings is 1. The quantitative estimate of drug-likeness (QED) is 0.646. The van der Waals surface area contributed by atoms with E-state index in [0.29, 0.717) is 9.92 Å². The van der Waals surface area contributed by atoms with Crippen LogP contribution in [0.4, 0.5) is 0 Å². The summed E-state index contributed by atoms with van der Waals surface area (Å²) >= 11 is 9.11. The van der Waals surface area contributed by atoms with Crippen LogP contribution in [0.3, 0.4) is 0 Å². The lowest BCUT2D eigenvalue weighted by Crippen LogP contribution is -2.23. The molecule has 0 aliphatic heterocycles. The van der Waals surface area contributed by atoms with Crippen molar-refractivity contribution in [3.05, 3.63) is 56.4 Å². The third-order valence-corrected chi connectivity index (χ3v) is 8.13. The van der Waals surface area contributed by atoms with Gasteiger partial charge in [-0.2, -0.15) is 0 Å². The van der Waals surface area contributed by atoms with Crippen molar-refractivity contribution in [2.75, 3.05) is 0 Å². The average molecular weight is 413 g/mol. The van der Waals surface area contributed by atoms with Crippen LogP contribution < -0.4 is 4.72 Å². The fourth-order valence-electron chi connectivity index (χ4n) is 2.31. The third kappa shape index (κ3) is 3.96. The molecule has 0 fully saturated rings. The molecular formula is C17H17ClN2O2S3. The summed E-state index contributed by atoms with van der Waals surface area (Å²) in [6.45, 7) is 5.94. The lowest BCUT2D eigenvalue weighted by atomic mass is 10.2. The standard InChI is InChI=1S/C17H17ClN2O2S3/c1-10-11(2)24-17(20-10)15-8-16(12(3)23-15)25(21,22)19-9-13-6-4-5-7-14(13)18/h4-8,19H,9H2,1-3H3. The van der Waals surface area contributed by atoms with Crippen molar-refractivity contribution >= 4 is 44.3 Å². The minimum absolute atomic E-state index is 0.155. The topological polar surface area (TPSA) is 59.1 Å². The second-order valence-electron chi connectivity index (χ2n) is 5.61. The fraction of sp³-hybridized carbons (Fsp3) is 0.235. The summed E-state index contributed by atoms with van der Waals surface area (Å²) in [6, 6.07) is 8.89. The largest absolute Gasteiger partial charge is 0.241 e. The summed E-state index contributed by atoms with van der Waals surface area (Å²) in [5, 5.41) is 1.40. The maximum absolute atomic E-state index is 12.7. The molecule has 25 heavy (non-hydrogen) atoms. The van der Waals surface area contributed by atoms with Crippen molar-refractivity contribution in [3.63, 3.8) is 0 Å². The van der Waals surface area contributed by atoms with Crippen molar-refractivity contribution in [1.29, 1.82) is 0 Å². The van der Waals surface area contributed by atoms with E-state index in [1.54, 1.807) is 29.5 Å². The highest BCUT2D eigenvalue weighted by Gasteiger charge is 2.22. The maximum Gasteiger partial charge on any atom is 0.241 e. The second kappa shape index (κ2) is 7.17. The molecule has 0 aliphatic carbocycles. The molecule has 0 unspecified atom stereocenters. The number of nitrogens with zero attached hydrogens (tertiary/aromatic N) is 1. The first-order chi connectivity index (χ1) is 11.8. The molecule has 1 aromatic carbocycles. The number of rotatable bonds is 5. The Morgan fingerprint density at radius 3 is 2.48 bits per heavy atom. The van der Waals surface area contributed by atoms with Crippen molar-refractivity contribution in [1.82, 2.24) is 9.71 Å². The Labute approximate surface area is 160 Å². The number of aromatic nitrogens is 1. The lowest BCUT2D eigenvalue weighted by Gasteiger charge is -2.07. The van der Waals surface area contributed by atoms with Gasteiger partial charge in [-0.15, -0.1) is 22.7 Å². The van der Waals surface area contributed by atoms with Crippen LogP contribution in [0, 0.1) is 20.8 Å². The number of halogens is 1. The minimum atomic E-state index is -3.62. The predicted octanol–water partition coefficient (Wildman–Crippen LogP) is 4.93. The van der Waals surface area contributed by atoms with E-state index < -0.39 is 10.0 Å². The molecule has 0 saturated heterocycles.